The average Bonchev–Trinajstić information content (AvgIpc) is 3.74. The molecule has 0 saturated heterocycles. The molecule has 326 valence electrons. The molecule has 11 aromatic carbocycles. The largest absolute Gasteiger partial charge is 0.494 e. The molecule has 0 amide bonds. The molecule has 0 unspecified atom stereocenters. The van der Waals surface area contributed by atoms with Crippen LogP contribution < -0.4 is 4.74 Å². The van der Waals surface area contributed by atoms with Crippen LogP contribution in [-0.2, 0) is 10.8 Å². The number of hydrogen-bond donors (Lipinski definition) is 0. The first-order valence-corrected chi connectivity index (χ1v) is 24.4. The third kappa shape index (κ3) is 5.88. The summed E-state index contributed by atoms with van der Waals surface area (Å²) in [6.07, 6.45) is 0.987. The van der Waals surface area contributed by atoms with Crippen LogP contribution in [0.1, 0.15) is 63.3 Å². The van der Waals surface area contributed by atoms with E-state index in [0.29, 0.717) is 0 Å². The van der Waals surface area contributed by atoms with E-state index in [1.165, 1.54) is 132 Å². The first-order chi connectivity index (χ1) is 33.2. The van der Waals surface area contributed by atoms with Crippen LogP contribution >= 0.6 is 0 Å². The lowest BCUT2D eigenvalue weighted by atomic mass is 9.79. The Morgan fingerprint density at radius 3 is 0.971 bits per heavy atom. The van der Waals surface area contributed by atoms with Crippen LogP contribution in [0.3, 0.4) is 0 Å². The SMILES string of the molecule is CCCOc1ccc(-c2c3ccccc3c(-c3ccc4c(c3)C(C)(C)c3cc(-c5c6ccccc6c(-c6ccc7c(c6)C(C)(C)c6ccccc6-7)c6ccccc56)ccc3-4)c3ccccc23)cc1. The summed E-state index contributed by atoms with van der Waals surface area (Å²) in [5, 5.41) is 10.2. The lowest BCUT2D eigenvalue weighted by molar-refractivity contribution is 0.317. The van der Waals surface area contributed by atoms with E-state index in [0.717, 1.165) is 18.8 Å². The van der Waals surface area contributed by atoms with Crippen molar-refractivity contribution in [3.8, 4) is 72.5 Å². The highest BCUT2D eigenvalue weighted by Crippen LogP contribution is 2.55. The van der Waals surface area contributed by atoms with Crippen LogP contribution in [-0.4, -0.2) is 6.61 Å². The lowest BCUT2D eigenvalue weighted by Gasteiger charge is -2.24. The Labute approximate surface area is 399 Å². The van der Waals surface area contributed by atoms with Crippen molar-refractivity contribution in [3.63, 3.8) is 0 Å². The van der Waals surface area contributed by atoms with Gasteiger partial charge in [-0.05, 0) is 169 Å². The van der Waals surface area contributed by atoms with Crippen LogP contribution in [0.5, 0.6) is 5.75 Å². The smallest absolute Gasteiger partial charge is 0.119 e. The molecule has 0 bridgehead atoms. The van der Waals surface area contributed by atoms with Crippen molar-refractivity contribution < 1.29 is 4.74 Å². The normalized spacial score (nSPS) is 14.0. The highest BCUT2D eigenvalue weighted by molar-refractivity contribution is 6.23. The Hall–Kier alpha value is -7.74. The summed E-state index contributed by atoms with van der Waals surface area (Å²) in [5.74, 6) is 0.913. The van der Waals surface area contributed by atoms with Crippen molar-refractivity contribution in [1.82, 2.24) is 0 Å². The monoisotopic (exact) mass is 872 g/mol. The molecule has 0 aliphatic heterocycles. The number of benzene rings is 11. The molecule has 0 aromatic heterocycles. The number of rotatable bonds is 7. The Bertz CT molecular complexity index is 3770. The van der Waals surface area contributed by atoms with Gasteiger partial charge >= 0.3 is 0 Å². The zero-order chi connectivity index (χ0) is 45.9. The summed E-state index contributed by atoms with van der Waals surface area (Å²) >= 11 is 0. The van der Waals surface area contributed by atoms with Crippen LogP contribution in [0.2, 0.25) is 0 Å². The van der Waals surface area contributed by atoms with Crippen LogP contribution in [0.25, 0.3) is 110 Å². The van der Waals surface area contributed by atoms with E-state index in [1.807, 2.05) is 0 Å². The molecule has 0 spiro atoms. The summed E-state index contributed by atoms with van der Waals surface area (Å²) in [6, 6.07) is 75.5. The number of hydrogen-bond acceptors (Lipinski definition) is 1. The molecular weight excluding hydrogens is 821 g/mol. The predicted molar refractivity (Wildman–Crippen MR) is 289 cm³/mol. The molecule has 2 aliphatic carbocycles. The molecule has 0 N–H and O–H groups in total. The molecule has 1 nitrogen and oxygen atoms in total. The third-order valence-electron chi connectivity index (χ3n) is 15.6. The second kappa shape index (κ2) is 15.1. The van der Waals surface area contributed by atoms with Crippen molar-refractivity contribution in [3.05, 3.63) is 222 Å². The quantitative estimate of drug-likeness (QED) is 0.145. The Balaban J connectivity index is 0.940. The molecule has 13 rings (SSSR count). The average molecular weight is 873 g/mol. The minimum Gasteiger partial charge on any atom is -0.494 e. The number of fused-ring (bicyclic) bond motifs is 10. The highest BCUT2D eigenvalue weighted by Gasteiger charge is 2.38. The molecule has 0 fully saturated rings. The molecule has 68 heavy (non-hydrogen) atoms. The van der Waals surface area contributed by atoms with Gasteiger partial charge < -0.3 is 4.74 Å². The van der Waals surface area contributed by atoms with E-state index in [-0.39, 0.29) is 10.8 Å². The zero-order valence-corrected chi connectivity index (χ0v) is 39.4. The molecule has 1 heteroatoms. The standard InChI is InChI=1S/C67H52O/c1-6-37-68-45-32-27-41(28-33-45)62-50-18-7-9-20-52(50)63(53-21-10-8-19-51(53)62)43-30-35-48-49-36-31-44(40-61(49)67(4,5)60(48)39-43)65-56-24-13-11-22-54(56)64(55-23-12-14-25-57(55)65)42-29-34-47-46-17-15-16-26-58(46)66(2,3)59(47)38-42/h7-36,38-40H,6,37H2,1-5H3. The Morgan fingerprint density at radius 2 is 0.603 bits per heavy atom. The molecule has 2 aliphatic rings. The van der Waals surface area contributed by atoms with E-state index in [2.05, 4.69) is 235 Å². The van der Waals surface area contributed by atoms with Gasteiger partial charge in [-0.2, -0.15) is 0 Å². The van der Waals surface area contributed by atoms with E-state index < -0.39 is 0 Å². The van der Waals surface area contributed by atoms with Gasteiger partial charge in [0.05, 0.1) is 6.61 Å². The Morgan fingerprint density at radius 1 is 0.309 bits per heavy atom. The first-order valence-electron chi connectivity index (χ1n) is 24.4. The highest BCUT2D eigenvalue weighted by atomic mass is 16.5. The molecule has 0 saturated carbocycles. The van der Waals surface area contributed by atoms with Crippen molar-refractivity contribution in [2.24, 2.45) is 0 Å². The van der Waals surface area contributed by atoms with E-state index in [1.54, 1.807) is 0 Å². The van der Waals surface area contributed by atoms with Crippen LogP contribution in [0.15, 0.2) is 200 Å². The van der Waals surface area contributed by atoms with Crippen LogP contribution in [0, 0.1) is 0 Å². The van der Waals surface area contributed by atoms with Crippen molar-refractivity contribution in [2.45, 2.75) is 51.9 Å². The molecule has 0 atom stereocenters. The summed E-state index contributed by atoms with van der Waals surface area (Å²) in [5.41, 5.74) is 20.7. The molecule has 0 radical (unpaired) electrons. The lowest BCUT2D eigenvalue weighted by Crippen LogP contribution is -2.15. The van der Waals surface area contributed by atoms with Gasteiger partial charge in [0.15, 0.2) is 0 Å². The first kappa shape index (κ1) is 40.5. The molecule has 11 aromatic rings. The van der Waals surface area contributed by atoms with Gasteiger partial charge in [0.2, 0.25) is 0 Å². The van der Waals surface area contributed by atoms with E-state index >= 15 is 0 Å². The van der Waals surface area contributed by atoms with Crippen molar-refractivity contribution >= 4 is 43.1 Å². The van der Waals surface area contributed by atoms with Gasteiger partial charge in [-0.3, -0.25) is 0 Å². The fourth-order valence-corrected chi connectivity index (χ4v) is 12.3. The minimum absolute atomic E-state index is 0.0769. The van der Waals surface area contributed by atoms with Gasteiger partial charge in [0.1, 0.15) is 5.75 Å². The van der Waals surface area contributed by atoms with Gasteiger partial charge in [-0.15, -0.1) is 0 Å². The fourth-order valence-electron chi connectivity index (χ4n) is 12.3. The van der Waals surface area contributed by atoms with Gasteiger partial charge in [-0.25, -0.2) is 0 Å². The Kier molecular flexibility index (Phi) is 9.02. The van der Waals surface area contributed by atoms with E-state index in [9.17, 15) is 0 Å². The van der Waals surface area contributed by atoms with E-state index in [4.69, 9.17) is 4.74 Å². The maximum absolute atomic E-state index is 5.98. The maximum atomic E-state index is 5.98. The summed E-state index contributed by atoms with van der Waals surface area (Å²) < 4.78 is 5.98. The second-order valence-corrected chi connectivity index (χ2v) is 20.1. The van der Waals surface area contributed by atoms with Crippen LogP contribution in [0.4, 0.5) is 0 Å². The van der Waals surface area contributed by atoms with Gasteiger partial charge in [-0.1, -0.05) is 204 Å². The predicted octanol–water partition coefficient (Wildman–Crippen LogP) is 18.4. The van der Waals surface area contributed by atoms with Gasteiger partial charge in [0.25, 0.3) is 0 Å². The fraction of sp³-hybridized carbons (Fsp3) is 0.134. The third-order valence-corrected chi connectivity index (χ3v) is 15.6. The second-order valence-electron chi connectivity index (χ2n) is 20.1. The zero-order valence-electron chi connectivity index (χ0n) is 39.4. The van der Waals surface area contributed by atoms with Crippen molar-refractivity contribution in [1.29, 1.82) is 0 Å². The molecular formula is C67H52O. The van der Waals surface area contributed by atoms with Gasteiger partial charge in [0, 0.05) is 10.8 Å². The molecule has 0 heterocycles. The summed E-state index contributed by atoms with van der Waals surface area (Å²) in [6.45, 7) is 12.5. The van der Waals surface area contributed by atoms with Crippen molar-refractivity contribution in [2.75, 3.05) is 6.61 Å². The summed E-state index contributed by atoms with van der Waals surface area (Å²) in [4.78, 5) is 0. The topological polar surface area (TPSA) is 9.23 Å². The number of ether oxygens (including phenoxy) is 1. The maximum Gasteiger partial charge on any atom is 0.119 e. The summed E-state index contributed by atoms with van der Waals surface area (Å²) in [7, 11) is 0. The minimum atomic E-state index is -0.232.